The lowest BCUT2D eigenvalue weighted by atomic mass is 9.99. The summed E-state index contributed by atoms with van der Waals surface area (Å²) in [6.45, 7) is 0. The van der Waals surface area contributed by atoms with Crippen molar-refractivity contribution in [2.45, 2.75) is 0 Å². The summed E-state index contributed by atoms with van der Waals surface area (Å²) in [6.07, 6.45) is 1.77. The minimum Gasteiger partial charge on any atom is -0.464 e. The van der Waals surface area contributed by atoms with Gasteiger partial charge in [-0.3, -0.25) is 0 Å². The molecule has 0 amide bonds. The second kappa shape index (κ2) is 3.11. The Morgan fingerprint density at radius 1 is 0.588 bits per heavy atom. The van der Waals surface area contributed by atoms with Crippen LogP contribution in [-0.2, 0) is 0 Å². The highest BCUT2D eigenvalue weighted by molar-refractivity contribution is 6.20. The minimum atomic E-state index is 0.939. The summed E-state index contributed by atoms with van der Waals surface area (Å²) in [6, 6.07) is 18.9. The van der Waals surface area contributed by atoms with Crippen LogP contribution in [0.3, 0.4) is 0 Å². The quantitative estimate of drug-likeness (QED) is 0.388. The molecule has 0 N–H and O–H groups in total. The van der Waals surface area contributed by atoms with Crippen molar-refractivity contribution in [2.75, 3.05) is 0 Å². The highest BCUT2D eigenvalue weighted by atomic mass is 16.3. The first-order chi connectivity index (χ1) is 8.43. The van der Waals surface area contributed by atoms with E-state index in [1.807, 2.05) is 18.2 Å². The van der Waals surface area contributed by atoms with Crippen LogP contribution in [0.15, 0.2) is 65.3 Å². The average molecular weight is 218 g/mol. The van der Waals surface area contributed by atoms with Gasteiger partial charge in [-0.2, -0.15) is 0 Å². The van der Waals surface area contributed by atoms with Crippen LogP contribution in [0.25, 0.3) is 32.5 Å². The third-order valence-corrected chi connectivity index (χ3v) is 3.32. The lowest BCUT2D eigenvalue weighted by Crippen LogP contribution is -1.78. The topological polar surface area (TPSA) is 13.1 Å². The van der Waals surface area contributed by atoms with Crippen molar-refractivity contribution >= 4 is 32.5 Å². The lowest BCUT2D eigenvalue weighted by molar-refractivity contribution is 0.608. The third-order valence-electron chi connectivity index (χ3n) is 3.32. The van der Waals surface area contributed by atoms with Crippen molar-refractivity contribution in [3.8, 4) is 0 Å². The summed E-state index contributed by atoms with van der Waals surface area (Å²) in [7, 11) is 0. The van der Waals surface area contributed by atoms with Gasteiger partial charge in [0, 0.05) is 10.8 Å². The summed E-state index contributed by atoms with van der Waals surface area (Å²) in [5.74, 6) is 0. The van der Waals surface area contributed by atoms with Crippen molar-refractivity contribution < 1.29 is 4.42 Å². The van der Waals surface area contributed by atoms with E-state index in [9.17, 15) is 0 Å². The van der Waals surface area contributed by atoms with E-state index < -0.39 is 0 Å². The fraction of sp³-hybridized carbons (Fsp3) is 0. The fourth-order valence-corrected chi connectivity index (χ4v) is 2.57. The van der Waals surface area contributed by atoms with Crippen LogP contribution in [0, 0.1) is 0 Å². The summed E-state index contributed by atoms with van der Waals surface area (Å²) in [5, 5.41) is 6.21. The van der Waals surface area contributed by atoms with Gasteiger partial charge in [-0.25, -0.2) is 0 Å². The summed E-state index contributed by atoms with van der Waals surface area (Å²) in [5.41, 5.74) is 0.939. The van der Waals surface area contributed by atoms with Crippen LogP contribution in [0.1, 0.15) is 0 Å². The van der Waals surface area contributed by atoms with E-state index >= 15 is 0 Å². The molecule has 80 valence electrons. The van der Waals surface area contributed by atoms with E-state index in [-0.39, 0.29) is 0 Å². The van der Waals surface area contributed by atoms with Gasteiger partial charge in [0.1, 0.15) is 5.58 Å². The van der Waals surface area contributed by atoms with Gasteiger partial charge in [-0.1, -0.05) is 42.5 Å². The van der Waals surface area contributed by atoms with Crippen molar-refractivity contribution in [3.63, 3.8) is 0 Å². The van der Waals surface area contributed by atoms with E-state index in [1.54, 1.807) is 6.26 Å². The van der Waals surface area contributed by atoms with Gasteiger partial charge in [0.25, 0.3) is 0 Å². The Morgan fingerprint density at radius 2 is 1.24 bits per heavy atom. The number of rotatable bonds is 0. The molecule has 3 aromatic carbocycles. The zero-order chi connectivity index (χ0) is 11.2. The Hall–Kier alpha value is -2.28. The maximum absolute atomic E-state index is 5.69. The molecule has 1 aromatic heterocycles. The molecule has 0 saturated carbocycles. The molecule has 0 atom stereocenters. The molecule has 0 spiro atoms. The molecular weight excluding hydrogens is 208 g/mol. The van der Waals surface area contributed by atoms with E-state index in [1.165, 1.54) is 26.9 Å². The van der Waals surface area contributed by atoms with Gasteiger partial charge < -0.3 is 4.42 Å². The molecular formula is C16H10O. The number of hydrogen-bond donors (Lipinski definition) is 0. The van der Waals surface area contributed by atoms with Crippen molar-refractivity contribution in [1.29, 1.82) is 0 Å². The highest BCUT2D eigenvalue weighted by Crippen LogP contribution is 2.32. The Kier molecular flexibility index (Phi) is 1.61. The van der Waals surface area contributed by atoms with Crippen LogP contribution in [-0.4, -0.2) is 0 Å². The highest BCUT2D eigenvalue weighted by Gasteiger charge is 2.06. The number of benzene rings is 3. The van der Waals surface area contributed by atoms with Crippen LogP contribution in [0.4, 0.5) is 0 Å². The molecule has 4 aromatic rings. The molecule has 1 heteroatoms. The Balaban J connectivity index is 2.53. The first kappa shape index (κ1) is 8.82. The zero-order valence-corrected chi connectivity index (χ0v) is 9.18. The van der Waals surface area contributed by atoms with Crippen LogP contribution >= 0.6 is 0 Å². The standard InChI is InChI=1S/C16H10O/c1-3-11-7-8-12-5-2-6-14-16(12)15(11)13(4-1)9-10-17-14/h1-10H. The Morgan fingerprint density at radius 3 is 2.06 bits per heavy atom. The first-order valence-electron chi connectivity index (χ1n) is 5.71. The molecule has 0 saturated heterocycles. The second-order valence-corrected chi connectivity index (χ2v) is 4.29. The molecule has 17 heavy (non-hydrogen) atoms. The van der Waals surface area contributed by atoms with E-state index in [4.69, 9.17) is 4.42 Å². The Bertz CT molecular complexity index is 770. The molecule has 0 aliphatic rings. The summed E-state index contributed by atoms with van der Waals surface area (Å²) < 4.78 is 5.69. The van der Waals surface area contributed by atoms with Gasteiger partial charge in [0.05, 0.1) is 6.26 Å². The molecule has 1 nitrogen and oxygen atoms in total. The van der Waals surface area contributed by atoms with E-state index in [0.717, 1.165) is 5.58 Å². The van der Waals surface area contributed by atoms with Gasteiger partial charge >= 0.3 is 0 Å². The maximum atomic E-state index is 5.69. The molecule has 0 unspecified atom stereocenters. The van der Waals surface area contributed by atoms with Gasteiger partial charge in [0.2, 0.25) is 0 Å². The zero-order valence-electron chi connectivity index (χ0n) is 9.18. The summed E-state index contributed by atoms with van der Waals surface area (Å²) >= 11 is 0. The normalized spacial score (nSPS) is 11.5. The molecule has 0 radical (unpaired) electrons. The SMILES string of the molecule is c1cc2ccoc3cccc4ccc(c1)c2c43. The van der Waals surface area contributed by atoms with Crippen LogP contribution < -0.4 is 0 Å². The summed E-state index contributed by atoms with van der Waals surface area (Å²) in [4.78, 5) is 0. The molecule has 1 heterocycles. The van der Waals surface area contributed by atoms with Crippen molar-refractivity contribution in [2.24, 2.45) is 0 Å². The monoisotopic (exact) mass is 218 g/mol. The predicted molar refractivity (Wildman–Crippen MR) is 71.2 cm³/mol. The molecule has 0 aliphatic heterocycles. The number of hydrogen-bond acceptors (Lipinski definition) is 1. The van der Waals surface area contributed by atoms with Gasteiger partial charge in [-0.05, 0) is 28.3 Å². The smallest absolute Gasteiger partial charge is 0.134 e. The largest absolute Gasteiger partial charge is 0.464 e. The third kappa shape index (κ3) is 1.14. The van der Waals surface area contributed by atoms with E-state index in [2.05, 4.69) is 36.4 Å². The average Bonchev–Trinajstić information content (AvgIpc) is 2.57. The minimum absolute atomic E-state index is 0.939. The van der Waals surface area contributed by atoms with Crippen LogP contribution in [0.5, 0.6) is 0 Å². The Labute approximate surface area is 98.3 Å². The first-order valence-corrected chi connectivity index (χ1v) is 5.71. The lowest BCUT2D eigenvalue weighted by Gasteiger charge is -2.04. The molecule has 0 bridgehead atoms. The van der Waals surface area contributed by atoms with Gasteiger partial charge in [-0.15, -0.1) is 0 Å². The maximum Gasteiger partial charge on any atom is 0.134 e. The van der Waals surface area contributed by atoms with Crippen molar-refractivity contribution in [1.82, 2.24) is 0 Å². The van der Waals surface area contributed by atoms with Crippen molar-refractivity contribution in [3.05, 3.63) is 60.9 Å². The molecule has 0 fully saturated rings. The fourth-order valence-electron chi connectivity index (χ4n) is 2.57. The molecule has 0 aliphatic carbocycles. The molecule has 4 rings (SSSR count). The van der Waals surface area contributed by atoms with Crippen LogP contribution in [0.2, 0.25) is 0 Å². The second-order valence-electron chi connectivity index (χ2n) is 4.29. The van der Waals surface area contributed by atoms with Gasteiger partial charge in [0.15, 0.2) is 0 Å². The predicted octanol–water partition coefficient (Wildman–Crippen LogP) is 4.74. The van der Waals surface area contributed by atoms with E-state index in [0.29, 0.717) is 0 Å².